The molecule has 0 unspecified atom stereocenters. The first-order chi connectivity index (χ1) is 3.46. The van der Waals surface area contributed by atoms with Gasteiger partial charge in [0.15, 0.2) is 0 Å². The zero-order chi connectivity index (χ0) is 7.15. The first kappa shape index (κ1) is 34.2. The van der Waals surface area contributed by atoms with E-state index in [9.17, 15) is 0 Å². The van der Waals surface area contributed by atoms with Gasteiger partial charge in [0, 0.05) is 0 Å². The van der Waals surface area contributed by atoms with Crippen LogP contribution in [0.4, 0.5) is 9.59 Å². The van der Waals surface area contributed by atoms with Gasteiger partial charge in [0.05, 0.1) is 0 Å². The lowest BCUT2D eigenvalue weighted by Gasteiger charge is -1.74. The number of rotatable bonds is 0. The lowest BCUT2D eigenvalue weighted by molar-refractivity contribution is -0.275. The molecule has 0 saturated carbocycles. The Bertz CT molecular complexity index is 79.4. The molecule has 0 heterocycles. The number of carboxylic acid groups (broad SMARTS) is 3. The van der Waals surface area contributed by atoms with Crippen molar-refractivity contribution in [2.45, 2.75) is 0 Å². The Morgan fingerprint density at radius 3 is 1.18 bits per heavy atom. The van der Waals surface area contributed by atoms with E-state index >= 15 is 0 Å². The zero-order valence-corrected chi connectivity index (χ0v) is 5.82. The maximum atomic E-state index is 8.78. The van der Waals surface area contributed by atoms with Crippen molar-refractivity contribution in [3.63, 3.8) is 0 Å². The normalized spacial score (nSPS) is 4.36. The third kappa shape index (κ3) is 139. The molecule has 72 valence electrons. The third-order valence-electron chi connectivity index (χ3n) is 0. The predicted molar refractivity (Wildman–Crippen MR) is 36.4 cm³/mol. The standard InChI is InChI=1S/CH3NO2.CH2O3.3H3N/c2*2-1(3)4;;;/h2H2,(H,3,4);(H2,2,3,4);3*1H3. The van der Waals surface area contributed by atoms with Crippen LogP contribution in [0.15, 0.2) is 0 Å². The summed E-state index contributed by atoms with van der Waals surface area (Å²) in [5, 5.41) is 22.5. The van der Waals surface area contributed by atoms with Crippen LogP contribution >= 0.6 is 0 Å². The largest absolute Gasteiger partial charge is 1.00 e. The van der Waals surface area contributed by atoms with Crippen molar-refractivity contribution >= 4 is 12.2 Å². The number of nitrogens with two attached hydrogens (primary N) is 1. The molecule has 0 spiro atoms. The van der Waals surface area contributed by atoms with Crippen LogP contribution < -0.4 is 29.3 Å². The van der Waals surface area contributed by atoms with E-state index in [1.54, 1.807) is 0 Å². The molecule has 0 aromatic heterocycles. The van der Waals surface area contributed by atoms with Crippen LogP contribution in [0.2, 0.25) is 0 Å². The van der Waals surface area contributed by atoms with E-state index in [0.29, 0.717) is 0 Å². The highest BCUT2D eigenvalue weighted by molar-refractivity contribution is 5.61. The van der Waals surface area contributed by atoms with Gasteiger partial charge < -0.3 is 44.3 Å². The molecular weight excluding hydrogens is 160 g/mol. The molecule has 0 rings (SSSR count). The fraction of sp³-hybridized carbons (Fsp3) is 0. The van der Waals surface area contributed by atoms with Crippen LogP contribution in [-0.2, 0) is 0 Å². The van der Waals surface area contributed by atoms with Gasteiger partial charge in [-0.05, 0) is 0 Å². The number of hydrogen-bond acceptors (Lipinski definition) is 6. The summed E-state index contributed by atoms with van der Waals surface area (Å²) >= 11 is 0. The van der Waals surface area contributed by atoms with Crippen molar-refractivity contribution in [1.82, 2.24) is 18.5 Å². The Morgan fingerprint density at radius 2 is 1.18 bits per heavy atom. The van der Waals surface area contributed by atoms with Crippen molar-refractivity contribution in [1.29, 1.82) is 0 Å². The summed E-state index contributed by atoms with van der Waals surface area (Å²) in [6.45, 7) is 0. The average Bonchev–Trinajstić information content (AvgIpc) is 1.25. The summed E-state index contributed by atoms with van der Waals surface area (Å²) in [6.07, 6.45) is -3.42. The second-order valence-electron chi connectivity index (χ2n) is 0.604. The van der Waals surface area contributed by atoms with Crippen molar-refractivity contribution in [3.05, 3.63) is 0 Å². The molecule has 13 N–H and O–H groups in total. The van der Waals surface area contributed by atoms with Crippen molar-refractivity contribution in [2.75, 3.05) is 0 Å². The van der Waals surface area contributed by atoms with Crippen LogP contribution in [0.5, 0.6) is 0 Å². The van der Waals surface area contributed by atoms with Gasteiger partial charge in [0.25, 0.3) is 0 Å². The van der Waals surface area contributed by atoms with Gasteiger partial charge in [-0.3, -0.25) is 0 Å². The smallest absolute Gasteiger partial charge is 0.565 e. The fourth-order valence-corrected chi connectivity index (χ4v) is 0. The number of hydrogen-bond donors (Lipinski definition) is 6. The van der Waals surface area contributed by atoms with E-state index < -0.39 is 12.2 Å². The molecular formula is C2H14N4O5. The predicted octanol–water partition coefficient (Wildman–Crippen LogP) is -0.891. The van der Waals surface area contributed by atoms with Gasteiger partial charge in [-0.1, -0.05) is 0 Å². The summed E-state index contributed by atoms with van der Waals surface area (Å²) in [4.78, 5) is 17.2. The van der Waals surface area contributed by atoms with Gasteiger partial charge in [-0.25, -0.2) is 4.79 Å². The second-order valence-corrected chi connectivity index (χ2v) is 0.604. The number of primary amides is 1. The first-order valence-corrected chi connectivity index (χ1v) is 1.35. The van der Waals surface area contributed by atoms with Gasteiger partial charge in [-0.2, -0.15) is 0 Å². The Morgan fingerprint density at radius 1 is 1.18 bits per heavy atom. The van der Waals surface area contributed by atoms with E-state index in [1.165, 1.54) is 0 Å². The molecule has 0 aromatic rings. The van der Waals surface area contributed by atoms with Crippen molar-refractivity contribution in [3.8, 4) is 0 Å². The summed E-state index contributed by atoms with van der Waals surface area (Å²) < 4.78 is 0. The topological polar surface area (TPSA) is 229 Å². The molecule has 0 aliphatic heterocycles. The number of amides is 1. The molecule has 0 bridgehead atoms. The molecule has 1 amide bonds. The summed E-state index contributed by atoms with van der Waals surface area (Å²) in [5.41, 5.74) is 4.03. The lowest BCUT2D eigenvalue weighted by Crippen LogP contribution is -2.17. The Hall–Kier alpha value is -1.58. The minimum Gasteiger partial charge on any atom is -0.565 e. The Balaban J connectivity index is -0.0000000112. The lowest BCUT2D eigenvalue weighted by atomic mass is 11.3. The SMILES string of the molecule is N.N.N.NC(=O)O.O=C([O-])O.[H+]. The average molecular weight is 174 g/mol. The van der Waals surface area contributed by atoms with Gasteiger partial charge >= 0.3 is 7.52 Å². The number of carbonyl (C=O) groups is 2. The highest BCUT2D eigenvalue weighted by Gasteiger charge is 1.65. The van der Waals surface area contributed by atoms with Crippen molar-refractivity contribution < 1.29 is 26.3 Å². The molecule has 0 aliphatic rings. The zero-order valence-electron chi connectivity index (χ0n) is 6.82. The van der Waals surface area contributed by atoms with E-state index in [2.05, 4.69) is 5.73 Å². The minimum atomic E-state index is -2.08. The van der Waals surface area contributed by atoms with Crippen LogP contribution in [0.3, 0.4) is 0 Å². The van der Waals surface area contributed by atoms with Gasteiger partial charge in [0.2, 0.25) is 6.16 Å². The Labute approximate surface area is 64.0 Å². The molecule has 9 nitrogen and oxygen atoms in total. The van der Waals surface area contributed by atoms with Crippen LogP contribution in [-0.4, -0.2) is 22.5 Å². The Kier molecular flexibility index (Phi) is 73.7. The van der Waals surface area contributed by atoms with E-state index in [1.807, 2.05) is 0 Å². The minimum absolute atomic E-state index is 0. The monoisotopic (exact) mass is 174 g/mol. The summed E-state index contributed by atoms with van der Waals surface area (Å²) in [5.74, 6) is 0. The molecule has 9 heteroatoms. The molecule has 0 aromatic carbocycles. The summed E-state index contributed by atoms with van der Waals surface area (Å²) in [6, 6.07) is 0. The van der Waals surface area contributed by atoms with Gasteiger partial charge in [-0.15, -0.1) is 0 Å². The first-order valence-electron chi connectivity index (χ1n) is 1.35. The van der Waals surface area contributed by atoms with E-state index in [-0.39, 0.29) is 19.9 Å². The molecule has 0 atom stereocenters. The maximum absolute atomic E-state index is 8.78. The highest BCUT2D eigenvalue weighted by Crippen LogP contribution is 1.34. The van der Waals surface area contributed by atoms with Gasteiger partial charge in [0.1, 0.15) is 0 Å². The van der Waals surface area contributed by atoms with E-state index in [4.69, 9.17) is 24.9 Å². The second kappa shape index (κ2) is 23.7. The highest BCUT2D eigenvalue weighted by atomic mass is 16.6. The maximum Gasteiger partial charge on any atom is 1.00 e. The quantitative estimate of drug-likeness (QED) is 0.269. The fourth-order valence-electron chi connectivity index (χ4n) is 0. The molecule has 0 radical (unpaired) electrons. The molecule has 11 heavy (non-hydrogen) atoms. The molecule has 0 fully saturated rings. The van der Waals surface area contributed by atoms with Crippen LogP contribution in [0.1, 0.15) is 1.43 Å². The van der Waals surface area contributed by atoms with E-state index in [0.717, 1.165) is 0 Å². The van der Waals surface area contributed by atoms with Crippen LogP contribution in [0.25, 0.3) is 0 Å². The molecule has 0 saturated heterocycles. The molecule has 0 aliphatic carbocycles. The summed E-state index contributed by atoms with van der Waals surface area (Å²) in [7, 11) is 0. The third-order valence-corrected chi connectivity index (χ3v) is 0. The van der Waals surface area contributed by atoms with Crippen molar-refractivity contribution in [2.24, 2.45) is 5.73 Å². The van der Waals surface area contributed by atoms with Crippen LogP contribution in [0, 0.1) is 0 Å².